The van der Waals surface area contributed by atoms with Crippen molar-refractivity contribution in [3.05, 3.63) is 0 Å². The Morgan fingerprint density at radius 3 is 1.00 bits per heavy atom. The molecule has 0 atom stereocenters. The highest BCUT2D eigenvalue weighted by atomic mass is 32.5. The summed E-state index contributed by atoms with van der Waals surface area (Å²) in [6.45, 7) is 6.02. The van der Waals surface area contributed by atoms with Gasteiger partial charge in [0.25, 0.3) is 0 Å². The van der Waals surface area contributed by atoms with Crippen molar-refractivity contribution in [1.82, 2.24) is 0 Å². The molecule has 0 bridgehead atoms. The van der Waals surface area contributed by atoms with Crippen LogP contribution in [-0.4, -0.2) is 39.1 Å². The van der Waals surface area contributed by atoms with Crippen LogP contribution in [0.25, 0.3) is 0 Å². The molecular formula is C18H40O5P2S2. The van der Waals surface area contributed by atoms with E-state index in [-0.39, 0.29) is 12.7 Å². The van der Waals surface area contributed by atoms with Crippen molar-refractivity contribution >= 4 is 36.6 Å². The Balaban J connectivity index is 4.65. The molecule has 0 aromatic carbocycles. The molecule has 0 aliphatic heterocycles. The largest absolute Gasteiger partial charge is 0.361 e. The van der Waals surface area contributed by atoms with Gasteiger partial charge in [0.2, 0.25) is 13.0 Å². The highest BCUT2D eigenvalue weighted by Gasteiger charge is 2.24. The summed E-state index contributed by atoms with van der Waals surface area (Å²) in [6, 6.07) is 0. The van der Waals surface area contributed by atoms with Crippen molar-refractivity contribution in [3.63, 3.8) is 0 Å². The average molecular weight is 463 g/mol. The van der Waals surface area contributed by atoms with Gasteiger partial charge in [0, 0.05) is 0 Å². The van der Waals surface area contributed by atoms with Gasteiger partial charge in [0.05, 0.1) is 26.4 Å². The smallest absolute Gasteiger partial charge is 0.214 e. The summed E-state index contributed by atoms with van der Waals surface area (Å²) in [6.07, 6.45) is 8.60. The van der Waals surface area contributed by atoms with Crippen molar-refractivity contribution in [3.8, 4) is 0 Å². The van der Waals surface area contributed by atoms with Gasteiger partial charge in [-0.25, -0.2) is 0 Å². The minimum Gasteiger partial charge on any atom is -0.361 e. The topological polar surface area (TPSA) is 46.2 Å². The maximum Gasteiger partial charge on any atom is 0.214 e. The van der Waals surface area contributed by atoms with Crippen LogP contribution >= 0.6 is 13.0 Å². The molecule has 0 heterocycles. The van der Waals surface area contributed by atoms with Crippen LogP contribution in [0.4, 0.5) is 0 Å². The Bertz CT molecular complexity index is 372. The zero-order valence-corrected chi connectivity index (χ0v) is 21.1. The molecule has 0 spiro atoms. The van der Waals surface area contributed by atoms with Gasteiger partial charge in [-0.1, -0.05) is 53.4 Å². The molecule has 0 amide bonds. The standard InChI is InChI=1S/C18H40O5P2S2/c1-5-9-13-20-24(26,21-14-10-6-2)17-19-18-25(27,22-15-11-7-3)23-16-12-8-4/h5-18H2,1-4H3. The molecule has 0 aliphatic carbocycles. The van der Waals surface area contributed by atoms with Gasteiger partial charge in [-0.05, 0) is 49.3 Å². The number of hydrogen-bond acceptors (Lipinski definition) is 7. The summed E-state index contributed by atoms with van der Waals surface area (Å²) in [5.41, 5.74) is 0. The van der Waals surface area contributed by atoms with E-state index in [1.807, 2.05) is 0 Å². The minimum absolute atomic E-state index is 0.252. The lowest BCUT2D eigenvalue weighted by atomic mass is 10.4. The van der Waals surface area contributed by atoms with E-state index in [4.69, 9.17) is 46.4 Å². The molecule has 0 radical (unpaired) electrons. The number of ether oxygens (including phenoxy) is 1. The molecule has 0 N–H and O–H groups in total. The predicted octanol–water partition coefficient (Wildman–Crippen LogP) is 6.80. The lowest BCUT2D eigenvalue weighted by Gasteiger charge is -2.25. The van der Waals surface area contributed by atoms with Crippen LogP contribution in [0.2, 0.25) is 0 Å². The highest BCUT2D eigenvalue weighted by Crippen LogP contribution is 2.53. The summed E-state index contributed by atoms with van der Waals surface area (Å²) >= 11 is 11.3. The van der Waals surface area contributed by atoms with Crippen LogP contribution < -0.4 is 0 Å². The molecule has 5 nitrogen and oxygen atoms in total. The maximum absolute atomic E-state index is 5.90. The highest BCUT2D eigenvalue weighted by molar-refractivity contribution is 8.10. The molecule has 0 aromatic heterocycles. The number of rotatable bonds is 20. The SMILES string of the molecule is CCCCOP(=S)(COCP(=S)(OCCCC)OCCCC)OCCCC. The Morgan fingerprint density at radius 1 is 0.519 bits per heavy atom. The molecule has 27 heavy (non-hydrogen) atoms. The van der Waals surface area contributed by atoms with Gasteiger partial charge < -0.3 is 22.8 Å². The van der Waals surface area contributed by atoms with Crippen molar-refractivity contribution in [2.24, 2.45) is 0 Å². The van der Waals surface area contributed by atoms with Gasteiger partial charge in [0.1, 0.15) is 12.7 Å². The van der Waals surface area contributed by atoms with Crippen LogP contribution in [-0.2, 0) is 46.4 Å². The van der Waals surface area contributed by atoms with E-state index < -0.39 is 13.0 Å². The van der Waals surface area contributed by atoms with E-state index in [0.29, 0.717) is 26.4 Å². The number of hydrogen-bond donors (Lipinski definition) is 0. The second-order valence-corrected chi connectivity index (χ2v) is 13.8. The Morgan fingerprint density at radius 2 is 0.778 bits per heavy atom. The van der Waals surface area contributed by atoms with Gasteiger partial charge in [0.15, 0.2) is 0 Å². The fourth-order valence-electron chi connectivity index (χ4n) is 1.88. The van der Waals surface area contributed by atoms with E-state index >= 15 is 0 Å². The van der Waals surface area contributed by atoms with Crippen molar-refractivity contribution < 1.29 is 22.8 Å². The van der Waals surface area contributed by atoms with E-state index in [1.54, 1.807) is 0 Å². The fourth-order valence-corrected chi connectivity index (χ4v) is 6.07. The molecule has 9 heteroatoms. The summed E-state index contributed by atoms with van der Waals surface area (Å²) < 4.78 is 29.5. The molecule has 0 fully saturated rings. The first-order valence-corrected chi connectivity index (χ1v) is 15.9. The summed E-state index contributed by atoms with van der Waals surface area (Å²) in [5, 5.41) is 0. The van der Waals surface area contributed by atoms with Crippen molar-refractivity contribution in [1.29, 1.82) is 0 Å². The van der Waals surface area contributed by atoms with Gasteiger partial charge >= 0.3 is 0 Å². The molecule has 0 rings (SSSR count). The maximum atomic E-state index is 5.90. The van der Waals surface area contributed by atoms with Crippen LogP contribution in [0.1, 0.15) is 79.1 Å². The monoisotopic (exact) mass is 462 g/mol. The first kappa shape index (κ1) is 28.1. The second-order valence-electron chi connectivity index (χ2n) is 6.43. The molecular weight excluding hydrogens is 422 g/mol. The van der Waals surface area contributed by atoms with E-state index in [2.05, 4.69) is 27.7 Å². The second kappa shape index (κ2) is 17.9. The van der Waals surface area contributed by atoms with Crippen LogP contribution in [0.15, 0.2) is 0 Å². The Labute approximate surface area is 177 Å². The van der Waals surface area contributed by atoms with Gasteiger partial charge in [-0.15, -0.1) is 0 Å². The quantitative estimate of drug-likeness (QED) is 0.146. The molecule has 0 aliphatic rings. The molecule has 0 aromatic rings. The van der Waals surface area contributed by atoms with E-state index in [0.717, 1.165) is 51.4 Å². The predicted molar refractivity (Wildman–Crippen MR) is 123 cm³/mol. The number of unbranched alkanes of at least 4 members (excludes halogenated alkanes) is 4. The Hall–Kier alpha value is 1.10. The first-order chi connectivity index (χ1) is 12.9. The third kappa shape index (κ3) is 15.6. The van der Waals surface area contributed by atoms with Crippen LogP contribution in [0.3, 0.4) is 0 Å². The van der Waals surface area contributed by atoms with Crippen molar-refractivity contribution in [2.45, 2.75) is 79.1 Å². The zero-order valence-electron chi connectivity index (χ0n) is 17.7. The van der Waals surface area contributed by atoms with E-state index in [9.17, 15) is 0 Å². The first-order valence-electron chi connectivity index (χ1n) is 10.3. The van der Waals surface area contributed by atoms with Gasteiger partial charge in [-0.2, -0.15) is 0 Å². The zero-order chi connectivity index (χ0) is 20.4. The molecule has 0 saturated heterocycles. The minimum atomic E-state index is -2.46. The third-order valence-electron chi connectivity index (χ3n) is 3.64. The van der Waals surface area contributed by atoms with Crippen LogP contribution in [0, 0.1) is 0 Å². The molecule has 0 unspecified atom stereocenters. The molecule has 164 valence electrons. The van der Waals surface area contributed by atoms with E-state index in [1.165, 1.54) is 0 Å². The average Bonchev–Trinajstić information content (AvgIpc) is 2.63. The fraction of sp³-hybridized carbons (Fsp3) is 1.00. The van der Waals surface area contributed by atoms with Crippen molar-refractivity contribution in [2.75, 3.05) is 39.1 Å². The molecule has 0 saturated carbocycles. The summed E-state index contributed by atoms with van der Waals surface area (Å²) in [7, 11) is 0. The normalized spacial score (nSPS) is 12.6. The van der Waals surface area contributed by atoms with Crippen LogP contribution in [0.5, 0.6) is 0 Å². The lowest BCUT2D eigenvalue weighted by Crippen LogP contribution is -2.09. The Kier molecular flexibility index (Phi) is 18.6. The summed E-state index contributed by atoms with van der Waals surface area (Å²) in [4.78, 5) is 0. The lowest BCUT2D eigenvalue weighted by molar-refractivity contribution is 0.154. The third-order valence-corrected chi connectivity index (χ3v) is 8.84. The van der Waals surface area contributed by atoms with Gasteiger partial charge in [-0.3, -0.25) is 0 Å². The summed E-state index contributed by atoms with van der Waals surface area (Å²) in [5.74, 6) is 0.